The molecule has 6 nitrogen and oxygen atoms in total. The molecule has 0 unspecified atom stereocenters. The lowest BCUT2D eigenvalue weighted by Gasteiger charge is -2.06. The van der Waals surface area contributed by atoms with E-state index in [4.69, 9.17) is 33.0 Å². The van der Waals surface area contributed by atoms with Gasteiger partial charge in [-0.25, -0.2) is 9.78 Å². The van der Waals surface area contributed by atoms with Gasteiger partial charge < -0.3 is 5.11 Å². The van der Waals surface area contributed by atoms with Gasteiger partial charge in [-0.1, -0.05) is 0 Å². The molecule has 0 fully saturated rings. The Morgan fingerprint density at radius 1 is 1.46 bits per heavy atom. The van der Waals surface area contributed by atoms with E-state index in [1.807, 2.05) is 0 Å². The van der Waals surface area contributed by atoms with Gasteiger partial charge in [0.1, 0.15) is 20.6 Å². The van der Waals surface area contributed by atoms with E-state index in [2.05, 4.69) is 9.98 Å². The van der Waals surface area contributed by atoms with Crippen LogP contribution in [0.1, 0.15) is 11.4 Å². The average Bonchev–Trinajstić information content (AvgIpc) is 3.17. The van der Waals surface area contributed by atoms with Gasteiger partial charge in [-0.2, -0.15) is 4.89 Å². The number of aromatic nitrogens is 1. The summed E-state index contributed by atoms with van der Waals surface area (Å²) in [6.45, 7) is 0.126. The number of carbonyl (C=O) groups is 1. The molecule has 0 spiro atoms. The highest BCUT2D eigenvalue weighted by Crippen LogP contribution is 2.31. The maximum Gasteiger partial charge on any atom is 0.367 e. The maximum atomic E-state index is 11.9. The number of hydrogen-bond donors (Lipinski definition) is 1. The predicted molar refractivity (Wildman–Crippen MR) is 96.2 cm³/mol. The third-order valence-electron chi connectivity index (χ3n) is 3.04. The molecule has 1 aliphatic rings. The van der Waals surface area contributed by atoms with Crippen LogP contribution in [0.25, 0.3) is 10.2 Å². The fourth-order valence-corrected chi connectivity index (χ4v) is 4.18. The molecule has 10 heteroatoms. The smallest absolute Gasteiger partial charge is 0.367 e. The Bertz CT molecular complexity index is 781. The summed E-state index contributed by atoms with van der Waals surface area (Å²) >= 11 is 13.9. The van der Waals surface area contributed by atoms with Crippen LogP contribution in [-0.2, 0) is 14.6 Å². The Labute approximate surface area is 155 Å². The minimum absolute atomic E-state index is 0.126. The second-order valence-electron chi connectivity index (χ2n) is 4.84. The number of aliphatic imine (C=N–C) groups is 1. The molecule has 0 radical (unpaired) electrons. The zero-order valence-electron chi connectivity index (χ0n) is 12.1. The Morgan fingerprint density at radius 2 is 2.29 bits per heavy atom. The van der Waals surface area contributed by atoms with Crippen LogP contribution < -0.4 is 0 Å². The van der Waals surface area contributed by atoms with E-state index in [1.54, 1.807) is 18.2 Å². The molecule has 1 atom stereocenters. The van der Waals surface area contributed by atoms with Crippen LogP contribution in [0.2, 0.25) is 0 Å². The van der Waals surface area contributed by atoms with Crippen LogP contribution in [0.3, 0.4) is 0 Å². The van der Waals surface area contributed by atoms with Crippen LogP contribution in [0.4, 0.5) is 0 Å². The molecular weight excluding hydrogens is 395 g/mol. The number of halogens is 2. The molecule has 0 saturated carbocycles. The van der Waals surface area contributed by atoms with E-state index < -0.39 is 16.8 Å². The number of phenolic OH excluding ortho intramolecular Hbond substituents is 1. The number of fused-ring (bicyclic) bond motifs is 1. The van der Waals surface area contributed by atoms with E-state index in [0.717, 1.165) is 10.2 Å². The molecule has 0 saturated heterocycles. The summed E-state index contributed by atoms with van der Waals surface area (Å²) in [7, 11) is 0. The van der Waals surface area contributed by atoms with E-state index in [0.29, 0.717) is 22.2 Å². The van der Waals surface area contributed by atoms with Gasteiger partial charge in [0.2, 0.25) is 0 Å². The highest BCUT2D eigenvalue weighted by Gasteiger charge is 2.29. The van der Waals surface area contributed by atoms with Crippen molar-refractivity contribution < 1.29 is 19.7 Å². The topological polar surface area (TPSA) is 81.0 Å². The van der Waals surface area contributed by atoms with Crippen molar-refractivity contribution in [2.24, 2.45) is 4.99 Å². The molecule has 2 heterocycles. The SMILES string of the molecule is O=C(OOCCC(Cl)Cl)[C@H]1CSC(c2nc3ccc(O)cc3s2)=N1. The van der Waals surface area contributed by atoms with Crippen molar-refractivity contribution in [1.29, 1.82) is 0 Å². The number of aromatic hydroxyl groups is 1. The second-order valence-corrected chi connectivity index (χ2v) is 8.15. The van der Waals surface area contributed by atoms with Crippen molar-refractivity contribution in [3.63, 3.8) is 0 Å². The normalized spacial score (nSPS) is 17.5. The molecule has 1 aromatic heterocycles. The standard InChI is InChI=1S/C14H12Cl2N2O4S2/c15-11(16)3-4-21-22-14(20)9-6-23-12(18-9)13-17-8-2-1-7(19)5-10(8)24-13/h1-2,5,9,11,19H,3-4,6H2/t9-/m1/s1. The van der Waals surface area contributed by atoms with E-state index in [9.17, 15) is 9.90 Å². The van der Waals surface area contributed by atoms with Crippen LogP contribution in [-0.4, -0.2) is 44.3 Å². The summed E-state index contributed by atoms with van der Waals surface area (Å²) in [6, 6.07) is 4.34. The number of carbonyl (C=O) groups excluding carboxylic acids is 1. The Morgan fingerprint density at radius 3 is 3.08 bits per heavy atom. The van der Waals surface area contributed by atoms with Gasteiger partial charge in [0.05, 0.1) is 16.8 Å². The van der Waals surface area contributed by atoms with Gasteiger partial charge in [0.25, 0.3) is 0 Å². The first kappa shape index (κ1) is 17.8. The summed E-state index contributed by atoms with van der Waals surface area (Å²) in [4.78, 5) is 29.6. The molecule has 128 valence electrons. The molecular formula is C14H12Cl2N2O4S2. The van der Waals surface area contributed by atoms with Crippen LogP contribution in [0.5, 0.6) is 5.75 Å². The van der Waals surface area contributed by atoms with Gasteiger partial charge in [0.15, 0.2) is 6.04 Å². The molecule has 0 bridgehead atoms. The monoisotopic (exact) mass is 406 g/mol. The third-order valence-corrected chi connectivity index (χ3v) is 5.68. The lowest BCUT2D eigenvalue weighted by Crippen LogP contribution is -2.22. The van der Waals surface area contributed by atoms with Gasteiger partial charge in [-0.3, -0.25) is 9.88 Å². The average molecular weight is 407 g/mol. The number of alkyl halides is 2. The molecule has 2 aromatic rings. The quantitative estimate of drug-likeness (QED) is 0.342. The maximum absolute atomic E-state index is 11.9. The number of hydrogen-bond acceptors (Lipinski definition) is 8. The van der Waals surface area contributed by atoms with Gasteiger partial charge in [0, 0.05) is 12.2 Å². The van der Waals surface area contributed by atoms with Crippen LogP contribution in [0, 0.1) is 0 Å². The second kappa shape index (κ2) is 7.88. The minimum Gasteiger partial charge on any atom is -0.508 e. The van der Waals surface area contributed by atoms with Crippen molar-refractivity contribution in [2.75, 3.05) is 12.4 Å². The first-order chi connectivity index (χ1) is 11.5. The molecule has 0 amide bonds. The van der Waals surface area contributed by atoms with E-state index in [1.165, 1.54) is 23.1 Å². The van der Waals surface area contributed by atoms with Crippen LogP contribution in [0.15, 0.2) is 23.2 Å². The van der Waals surface area contributed by atoms with Gasteiger partial charge >= 0.3 is 5.97 Å². The minimum atomic E-state index is -0.631. The summed E-state index contributed by atoms with van der Waals surface area (Å²) in [5.41, 5.74) is 0.780. The number of phenols is 1. The predicted octanol–water partition coefficient (Wildman–Crippen LogP) is 3.53. The Hall–Kier alpha value is -1.06. The van der Waals surface area contributed by atoms with Crippen molar-refractivity contribution in [3.8, 4) is 5.75 Å². The molecule has 0 aliphatic carbocycles. The summed E-state index contributed by atoms with van der Waals surface area (Å²) in [5, 5.41) is 10.9. The summed E-state index contributed by atoms with van der Waals surface area (Å²) < 4.78 is 0.861. The molecule has 1 aromatic carbocycles. The van der Waals surface area contributed by atoms with E-state index in [-0.39, 0.29) is 12.4 Å². The number of thioether (sulfide) groups is 1. The highest BCUT2D eigenvalue weighted by molar-refractivity contribution is 8.15. The largest absolute Gasteiger partial charge is 0.508 e. The van der Waals surface area contributed by atoms with Gasteiger partial charge in [-0.15, -0.1) is 46.3 Å². The van der Waals surface area contributed by atoms with Gasteiger partial charge in [-0.05, 0) is 18.2 Å². The van der Waals surface area contributed by atoms with Crippen LogP contribution >= 0.6 is 46.3 Å². The number of benzene rings is 1. The number of rotatable bonds is 6. The first-order valence-electron chi connectivity index (χ1n) is 6.95. The molecule has 24 heavy (non-hydrogen) atoms. The molecule has 3 rings (SSSR count). The Balaban J connectivity index is 1.63. The Kier molecular flexibility index (Phi) is 5.83. The number of nitrogens with zero attached hydrogens (tertiary/aromatic N) is 2. The zero-order chi connectivity index (χ0) is 17.1. The molecule has 1 N–H and O–H groups in total. The fraction of sp³-hybridized carbons (Fsp3) is 0.357. The fourth-order valence-electron chi connectivity index (χ4n) is 1.91. The lowest BCUT2D eigenvalue weighted by atomic mass is 10.3. The molecule has 1 aliphatic heterocycles. The third kappa shape index (κ3) is 4.31. The highest BCUT2D eigenvalue weighted by atomic mass is 35.5. The number of thiazole rings is 1. The van der Waals surface area contributed by atoms with Crippen molar-refractivity contribution in [2.45, 2.75) is 17.3 Å². The summed E-state index contributed by atoms with van der Waals surface area (Å²) in [5.74, 6) is 0.0946. The first-order valence-corrected chi connectivity index (χ1v) is 9.62. The zero-order valence-corrected chi connectivity index (χ0v) is 15.3. The van der Waals surface area contributed by atoms with Crippen molar-refractivity contribution >= 4 is 67.5 Å². The summed E-state index contributed by atoms with van der Waals surface area (Å²) in [6.07, 6.45) is 0.364. The van der Waals surface area contributed by atoms with Crippen molar-refractivity contribution in [1.82, 2.24) is 4.98 Å². The van der Waals surface area contributed by atoms with E-state index >= 15 is 0 Å². The van der Waals surface area contributed by atoms with Crippen molar-refractivity contribution in [3.05, 3.63) is 23.2 Å². The lowest BCUT2D eigenvalue weighted by molar-refractivity contribution is -0.272.